The van der Waals surface area contributed by atoms with Crippen molar-refractivity contribution in [1.82, 2.24) is 0 Å². The van der Waals surface area contributed by atoms with Gasteiger partial charge in [-0.1, -0.05) is 12.6 Å². The number of carbonyl (C=O) groups is 2. The van der Waals surface area contributed by atoms with E-state index in [1.807, 2.05) is 0 Å². The number of esters is 1. The average Bonchev–Trinajstić information content (AvgIpc) is 2.67. The lowest BCUT2D eigenvalue weighted by Gasteiger charge is -2.07. The van der Waals surface area contributed by atoms with Crippen LogP contribution in [0.3, 0.4) is 0 Å². The number of fused-ring (bicyclic) bond motifs is 1. The monoisotopic (exact) mass is 364 g/mol. The molecular formula is C21H16O6. The molecule has 2 aromatic carbocycles. The maximum atomic E-state index is 12.4. The Kier molecular flexibility index (Phi) is 5.17. The Morgan fingerprint density at radius 3 is 2.56 bits per heavy atom. The first-order valence-corrected chi connectivity index (χ1v) is 8.08. The summed E-state index contributed by atoms with van der Waals surface area (Å²) in [4.78, 5) is 34.3. The molecule has 0 aliphatic carbocycles. The molecule has 6 nitrogen and oxygen atoms in total. The van der Waals surface area contributed by atoms with Gasteiger partial charge in [0.2, 0.25) is 0 Å². The van der Waals surface area contributed by atoms with Crippen molar-refractivity contribution in [2.75, 3.05) is 0 Å². The van der Waals surface area contributed by atoms with Crippen molar-refractivity contribution in [2.24, 2.45) is 0 Å². The number of carbonyl (C=O) groups excluding carboxylic acids is 2. The van der Waals surface area contributed by atoms with Crippen LogP contribution in [0.2, 0.25) is 0 Å². The maximum Gasteiger partial charge on any atom is 0.338 e. The quantitative estimate of drug-likeness (QED) is 0.288. The Morgan fingerprint density at radius 2 is 1.89 bits per heavy atom. The van der Waals surface area contributed by atoms with Crippen molar-refractivity contribution in [3.8, 4) is 17.1 Å². The Hall–Kier alpha value is -3.67. The lowest BCUT2D eigenvalue weighted by Crippen LogP contribution is -2.07. The van der Waals surface area contributed by atoms with E-state index in [0.717, 1.165) is 0 Å². The second kappa shape index (κ2) is 7.70. The Balaban J connectivity index is 1.90. The third-order valence-corrected chi connectivity index (χ3v) is 3.81. The van der Waals surface area contributed by atoms with E-state index < -0.39 is 5.97 Å². The zero-order valence-corrected chi connectivity index (χ0v) is 14.6. The highest BCUT2D eigenvalue weighted by atomic mass is 16.5. The first kappa shape index (κ1) is 18.1. The summed E-state index contributed by atoms with van der Waals surface area (Å²) in [6.45, 7) is 5.54. The van der Waals surface area contributed by atoms with Crippen LogP contribution in [0, 0.1) is 0 Å². The van der Waals surface area contributed by atoms with Gasteiger partial charge >= 0.3 is 5.97 Å². The summed E-state index contributed by atoms with van der Waals surface area (Å²) in [5.41, 5.74) is 1.87. The number of benzene rings is 2. The predicted octanol–water partition coefficient (Wildman–Crippen LogP) is 3.61. The summed E-state index contributed by atoms with van der Waals surface area (Å²) >= 11 is 0. The molecule has 0 aliphatic rings. The van der Waals surface area contributed by atoms with E-state index in [-0.39, 0.29) is 12.0 Å². The highest BCUT2D eigenvalue weighted by Crippen LogP contribution is 2.25. The van der Waals surface area contributed by atoms with Crippen LogP contribution in [0.4, 0.5) is 0 Å². The highest BCUT2D eigenvalue weighted by Gasteiger charge is 2.10. The van der Waals surface area contributed by atoms with Crippen molar-refractivity contribution in [2.45, 2.75) is 13.5 Å². The van der Waals surface area contributed by atoms with Gasteiger partial charge in [-0.25, -0.2) is 4.79 Å². The molecule has 1 heterocycles. The fourth-order valence-electron chi connectivity index (χ4n) is 2.45. The van der Waals surface area contributed by atoms with Crippen molar-refractivity contribution in [1.29, 1.82) is 0 Å². The average molecular weight is 364 g/mol. The van der Waals surface area contributed by atoms with Gasteiger partial charge in [-0.2, -0.15) is 0 Å². The van der Waals surface area contributed by atoms with Crippen LogP contribution < -0.4 is 10.2 Å². The van der Waals surface area contributed by atoms with E-state index in [9.17, 15) is 14.4 Å². The van der Waals surface area contributed by atoms with Gasteiger partial charge in [0, 0.05) is 17.2 Å². The van der Waals surface area contributed by atoms with E-state index in [1.165, 1.54) is 6.07 Å². The normalized spacial score (nSPS) is 10.4. The summed E-state index contributed by atoms with van der Waals surface area (Å²) < 4.78 is 15.7. The van der Waals surface area contributed by atoms with E-state index in [4.69, 9.17) is 13.9 Å². The van der Waals surface area contributed by atoms with Crippen molar-refractivity contribution < 1.29 is 23.5 Å². The molecule has 0 saturated heterocycles. The molecule has 27 heavy (non-hydrogen) atoms. The van der Waals surface area contributed by atoms with Crippen LogP contribution in [0.25, 0.3) is 22.3 Å². The molecule has 3 aromatic rings. The molecule has 3 rings (SSSR count). The summed E-state index contributed by atoms with van der Waals surface area (Å²) in [5.74, 6) is 0.256. The summed E-state index contributed by atoms with van der Waals surface area (Å²) in [6.07, 6.45) is 0. The molecule has 0 saturated carbocycles. The van der Waals surface area contributed by atoms with E-state index >= 15 is 0 Å². The molecule has 0 aliphatic heterocycles. The van der Waals surface area contributed by atoms with E-state index in [0.29, 0.717) is 45.7 Å². The molecule has 0 radical (unpaired) electrons. The molecule has 0 N–H and O–H groups in total. The van der Waals surface area contributed by atoms with Gasteiger partial charge in [0.05, 0.1) is 5.39 Å². The molecule has 1 aromatic heterocycles. The third kappa shape index (κ3) is 4.12. The summed E-state index contributed by atoms with van der Waals surface area (Å²) in [7, 11) is 0. The SMILES string of the molecule is C=C(C)C(=O)Oc1ccc(-c2cc(=O)c3cc(COC=O)ccc3o2)cc1. The van der Waals surface area contributed by atoms with Gasteiger partial charge in [0.1, 0.15) is 23.7 Å². The number of rotatable bonds is 6. The first-order valence-electron chi connectivity index (χ1n) is 8.08. The van der Waals surface area contributed by atoms with Crippen LogP contribution in [-0.2, 0) is 20.9 Å². The second-order valence-corrected chi connectivity index (χ2v) is 5.91. The standard InChI is InChI=1S/C21H16O6/c1-13(2)21(24)26-16-6-4-15(5-7-16)20-10-18(23)17-9-14(11-25-12-22)3-8-19(17)27-20/h3-10,12H,1,11H2,2H3. The predicted molar refractivity (Wildman–Crippen MR) is 99.2 cm³/mol. The topological polar surface area (TPSA) is 82.8 Å². The number of ether oxygens (including phenoxy) is 2. The van der Waals surface area contributed by atoms with Crippen LogP contribution in [0.5, 0.6) is 5.75 Å². The van der Waals surface area contributed by atoms with E-state index in [1.54, 1.807) is 49.4 Å². The minimum Gasteiger partial charge on any atom is -0.463 e. The smallest absolute Gasteiger partial charge is 0.338 e. The number of hydrogen-bond acceptors (Lipinski definition) is 6. The third-order valence-electron chi connectivity index (χ3n) is 3.81. The van der Waals surface area contributed by atoms with Crippen molar-refractivity contribution in [3.05, 3.63) is 76.5 Å². The van der Waals surface area contributed by atoms with E-state index in [2.05, 4.69) is 6.58 Å². The second-order valence-electron chi connectivity index (χ2n) is 5.91. The first-order chi connectivity index (χ1) is 13.0. The van der Waals surface area contributed by atoms with Gasteiger partial charge in [-0.15, -0.1) is 0 Å². The Morgan fingerprint density at radius 1 is 1.15 bits per heavy atom. The molecule has 6 heteroatoms. The van der Waals surface area contributed by atoms with Crippen molar-refractivity contribution in [3.63, 3.8) is 0 Å². The fourth-order valence-corrected chi connectivity index (χ4v) is 2.45. The molecular weight excluding hydrogens is 348 g/mol. The Bertz CT molecular complexity index is 1080. The van der Waals surface area contributed by atoms with Gasteiger partial charge in [0.15, 0.2) is 5.43 Å². The van der Waals surface area contributed by atoms with Gasteiger partial charge in [0.25, 0.3) is 6.47 Å². The molecule has 0 bridgehead atoms. The minimum atomic E-state index is -0.505. The van der Waals surface area contributed by atoms with Gasteiger partial charge in [-0.05, 0) is 48.9 Å². The van der Waals surface area contributed by atoms with Crippen molar-refractivity contribution >= 4 is 23.4 Å². The largest absolute Gasteiger partial charge is 0.463 e. The zero-order valence-electron chi connectivity index (χ0n) is 14.6. The molecule has 0 atom stereocenters. The lowest BCUT2D eigenvalue weighted by atomic mass is 10.1. The zero-order chi connectivity index (χ0) is 19.4. The Labute approximate surface area is 154 Å². The molecule has 0 unspecified atom stereocenters. The molecule has 136 valence electrons. The van der Waals surface area contributed by atoms with Crippen LogP contribution in [0.15, 0.2) is 69.9 Å². The minimum absolute atomic E-state index is 0.0883. The molecule has 0 amide bonds. The molecule has 0 fully saturated rings. The summed E-state index contributed by atoms with van der Waals surface area (Å²) in [6, 6.07) is 13.0. The number of hydrogen-bond donors (Lipinski definition) is 0. The highest BCUT2D eigenvalue weighted by molar-refractivity contribution is 5.88. The summed E-state index contributed by atoms with van der Waals surface area (Å²) in [5, 5.41) is 0.401. The van der Waals surface area contributed by atoms with Crippen LogP contribution in [0.1, 0.15) is 12.5 Å². The van der Waals surface area contributed by atoms with Gasteiger partial charge in [-0.3, -0.25) is 9.59 Å². The maximum absolute atomic E-state index is 12.4. The lowest BCUT2D eigenvalue weighted by molar-refractivity contribution is -0.130. The molecule has 0 spiro atoms. The van der Waals surface area contributed by atoms with Crippen LogP contribution >= 0.6 is 0 Å². The van der Waals surface area contributed by atoms with Crippen LogP contribution in [-0.4, -0.2) is 12.4 Å². The van der Waals surface area contributed by atoms with Gasteiger partial charge < -0.3 is 13.9 Å². The fraction of sp³-hybridized carbons (Fsp3) is 0.0952.